The molecule has 0 aliphatic heterocycles. The van der Waals surface area contributed by atoms with Gasteiger partial charge in [-0.1, -0.05) is 0 Å². The summed E-state index contributed by atoms with van der Waals surface area (Å²) in [6, 6.07) is 4.38. The van der Waals surface area contributed by atoms with Gasteiger partial charge in [0.2, 0.25) is 0 Å². The molecule has 28 heavy (non-hydrogen) atoms. The molecule has 0 bridgehead atoms. The molecule has 1 amide bonds. The van der Waals surface area contributed by atoms with Crippen LogP contribution in [0.1, 0.15) is 29.9 Å². The molecule has 0 saturated heterocycles. The van der Waals surface area contributed by atoms with Crippen molar-refractivity contribution < 1.29 is 18.0 Å². The molecule has 0 radical (unpaired) electrons. The molecule has 5 nitrogen and oxygen atoms in total. The van der Waals surface area contributed by atoms with E-state index in [2.05, 4.69) is 9.97 Å². The first-order valence-corrected chi connectivity index (χ1v) is 8.65. The lowest BCUT2D eigenvalue weighted by Crippen LogP contribution is -2.36. The number of imidazole rings is 1. The van der Waals surface area contributed by atoms with Gasteiger partial charge in [-0.25, -0.2) is 18.2 Å². The first-order chi connectivity index (χ1) is 13.3. The third-order valence-electron chi connectivity index (χ3n) is 4.27. The summed E-state index contributed by atoms with van der Waals surface area (Å²) < 4.78 is 42.5. The summed E-state index contributed by atoms with van der Waals surface area (Å²) in [6.45, 7) is 3.98. The second kappa shape index (κ2) is 7.84. The Labute approximate surface area is 160 Å². The average molecular weight is 388 g/mol. The van der Waals surface area contributed by atoms with Crippen molar-refractivity contribution in [1.29, 1.82) is 0 Å². The summed E-state index contributed by atoms with van der Waals surface area (Å²) in [5.74, 6) is -3.57. The van der Waals surface area contributed by atoms with E-state index in [-0.39, 0.29) is 29.8 Å². The van der Waals surface area contributed by atoms with Gasteiger partial charge in [-0.05, 0) is 37.6 Å². The number of carbonyl (C=O) groups is 1. The number of amides is 1. The smallest absolute Gasteiger partial charge is 0.274 e. The highest BCUT2D eigenvalue weighted by Crippen LogP contribution is 2.25. The number of hydrogen-bond acceptors (Lipinski definition) is 3. The predicted octanol–water partition coefficient (Wildman–Crippen LogP) is 3.95. The number of pyridine rings is 1. The number of benzene rings is 1. The fourth-order valence-electron chi connectivity index (χ4n) is 2.79. The number of aromatic nitrogens is 3. The highest BCUT2D eigenvalue weighted by molar-refractivity contribution is 5.92. The number of hydrogen-bond donors (Lipinski definition) is 0. The minimum Gasteiger partial charge on any atom is -0.340 e. The standard InChI is InChI=1S/C20H19F3N4O/c1-12(2)27(20(28)19-10-26(3)11-25-19)9-13-4-5-24-18(6-13)14-7-16(22)17(23)8-15(14)21/h4-8,10-12H,9H2,1-3H3. The summed E-state index contributed by atoms with van der Waals surface area (Å²) in [6.07, 6.45) is 4.61. The number of halogens is 3. The van der Waals surface area contributed by atoms with Gasteiger partial charge in [0.25, 0.3) is 5.91 Å². The molecule has 0 N–H and O–H groups in total. The van der Waals surface area contributed by atoms with E-state index in [4.69, 9.17) is 0 Å². The lowest BCUT2D eigenvalue weighted by atomic mass is 10.1. The van der Waals surface area contributed by atoms with Gasteiger partial charge in [0.05, 0.1) is 12.0 Å². The Morgan fingerprint density at radius 1 is 1.11 bits per heavy atom. The molecule has 3 aromatic rings. The van der Waals surface area contributed by atoms with Crippen molar-refractivity contribution in [2.45, 2.75) is 26.4 Å². The van der Waals surface area contributed by atoms with Crippen LogP contribution < -0.4 is 0 Å². The number of carbonyl (C=O) groups excluding carboxylic acids is 1. The fraction of sp³-hybridized carbons (Fsp3) is 0.250. The quantitative estimate of drug-likeness (QED) is 0.622. The van der Waals surface area contributed by atoms with E-state index in [0.717, 1.165) is 6.07 Å². The van der Waals surface area contributed by atoms with Crippen LogP contribution in [0.2, 0.25) is 0 Å². The van der Waals surface area contributed by atoms with E-state index in [0.29, 0.717) is 17.3 Å². The van der Waals surface area contributed by atoms with Crippen LogP contribution in [0, 0.1) is 17.5 Å². The van der Waals surface area contributed by atoms with E-state index < -0.39 is 17.5 Å². The maximum absolute atomic E-state index is 14.1. The highest BCUT2D eigenvalue weighted by atomic mass is 19.2. The molecule has 0 saturated carbocycles. The van der Waals surface area contributed by atoms with Crippen LogP contribution >= 0.6 is 0 Å². The van der Waals surface area contributed by atoms with Crippen LogP contribution in [0.15, 0.2) is 43.0 Å². The Hall–Kier alpha value is -3.16. The van der Waals surface area contributed by atoms with Crippen LogP contribution in [-0.2, 0) is 13.6 Å². The zero-order valence-electron chi connectivity index (χ0n) is 15.7. The zero-order valence-corrected chi connectivity index (χ0v) is 15.7. The van der Waals surface area contributed by atoms with E-state index in [1.165, 1.54) is 6.20 Å². The van der Waals surface area contributed by atoms with Crippen molar-refractivity contribution >= 4 is 5.91 Å². The summed E-state index contributed by atoms with van der Waals surface area (Å²) in [5.41, 5.74) is 1.00. The summed E-state index contributed by atoms with van der Waals surface area (Å²) >= 11 is 0. The first kappa shape index (κ1) is 19.6. The molecule has 0 unspecified atom stereocenters. The maximum atomic E-state index is 14.1. The third kappa shape index (κ3) is 4.05. The summed E-state index contributed by atoms with van der Waals surface area (Å²) in [5, 5.41) is 0. The maximum Gasteiger partial charge on any atom is 0.274 e. The monoisotopic (exact) mass is 388 g/mol. The van der Waals surface area contributed by atoms with Crippen LogP contribution in [0.4, 0.5) is 13.2 Å². The van der Waals surface area contributed by atoms with Crippen LogP contribution in [-0.4, -0.2) is 31.4 Å². The molecule has 3 rings (SSSR count). The van der Waals surface area contributed by atoms with Gasteiger partial charge in [0.15, 0.2) is 11.6 Å². The van der Waals surface area contributed by atoms with E-state index in [1.807, 2.05) is 13.8 Å². The Balaban J connectivity index is 1.90. The minimum atomic E-state index is -1.26. The van der Waals surface area contributed by atoms with Crippen molar-refractivity contribution in [2.24, 2.45) is 7.05 Å². The van der Waals surface area contributed by atoms with Gasteiger partial charge in [-0.15, -0.1) is 0 Å². The SMILES string of the molecule is CC(C)N(Cc1ccnc(-c2cc(F)c(F)cc2F)c1)C(=O)c1cn(C)cn1. The van der Waals surface area contributed by atoms with Gasteiger partial charge in [0, 0.05) is 43.7 Å². The first-order valence-electron chi connectivity index (χ1n) is 8.65. The predicted molar refractivity (Wildman–Crippen MR) is 97.8 cm³/mol. The zero-order chi connectivity index (χ0) is 20.4. The van der Waals surface area contributed by atoms with E-state index in [1.54, 1.807) is 41.2 Å². The number of nitrogens with zero attached hydrogens (tertiary/aromatic N) is 4. The van der Waals surface area contributed by atoms with E-state index >= 15 is 0 Å². The molecule has 0 aliphatic rings. The van der Waals surface area contributed by atoms with Crippen molar-refractivity contribution in [3.05, 3.63) is 71.7 Å². The number of rotatable bonds is 5. The van der Waals surface area contributed by atoms with Gasteiger partial charge in [-0.3, -0.25) is 9.78 Å². The third-order valence-corrected chi connectivity index (χ3v) is 4.27. The molecule has 0 aliphatic carbocycles. The molecule has 0 spiro atoms. The van der Waals surface area contributed by atoms with Crippen LogP contribution in [0.3, 0.4) is 0 Å². The molecule has 2 heterocycles. The fourth-order valence-corrected chi connectivity index (χ4v) is 2.79. The minimum absolute atomic E-state index is 0.119. The topological polar surface area (TPSA) is 51.0 Å². The summed E-state index contributed by atoms with van der Waals surface area (Å²) in [4.78, 5) is 22.5. The van der Waals surface area contributed by atoms with E-state index in [9.17, 15) is 18.0 Å². The van der Waals surface area contributed by atoms with Crippen molar-refractivity contribution in [3.8, 4) is 11.3 Å². The lowest BCUT2D eigenvalue weighted by molar-refractivity contribution is 0.0684. The van der Waals surface area contributed by atoms with Gasteiger partial charge >= 0.3 is 0 Å². The van der Waals surface area contributed by atoms with Crippen LogP contribution in [0.25, 0.3) is 11.3 Å². The number of aryl methyl sites for hydroxylation is 1. The van der Waals surface area contributed by atoms with Crippen molar-refractivity contribution in [3.63, 3.8) is 0 Å². The summed E-state index contributed by atoms with van der Waals surface area (Å²) in [7, 11) is 1.77. The molecule has 1 aromatic carbocycles. The second-order valence-electron chi connectivity index (χ2n) is 6.75. The van der Waals surface area contributed by atoms with Gasteiger partial charge in [-0.2, -0.15) is 0 Å². The molecular formula is C20H19F3N4O. The van der Waals surface area contributed by atoms with Crippen molar-refractivity contribution in [2.75, 3.05) is 0 Å². The molecule has 8 heteroatoms. The average Bonchev–Trinajstić information content (AvgIpc) is 3.08. The van der Waals surface area contributed by atoms with Crippen molar-refractivity contribution in [1.82, 2.24) is 19.4 Å². The molecule has 0 fully saturated rings. The van der Waals surface area contributed by atoms with Gasteiger partial charge < -0.3 is 9.47 Å². The van der Waals surface area contributed by atoms with Crippen LogP contribution in [0.5, 0.6) is 0 Å². The molecule has 0 atom stereocenters. The molecule has 146 valence electrons. The van der Waals surface area contributed by atoms with Gasteiger partial charge in [0.1, 0.15) is 11.5 Å². The Morgan fingerprint density at radius 2 is 1.82 bits per heavy atom. The highest BCUT2D eigenvalue weighted by Gasteiger charge is 2.21. The Bertz CT molecular complexity index is 1020. The normalized spacial score (nSPS) is 11.1. The Kier molecular flexibility index (Phi) is 5.48. The second-order valence-corrected chi connectivity index (χ2v) is 6.75. The molecular weight excluding hydrogens is 369 g/mol. The Morgan fingerprint density at radius 3 is 2.46 bits per heavy atom. The largest absolute Gasteiger partial charge is 0.340 e. The molecule has 2 aromatic heterocycles. The lowest BCUT2D eigenvalue weighted by Gasteiger charge is -2.26.